The van der Waals surface area contributed by atoms with Crippen LogP contribution in [0.25, 0.3) is 6.08 Å². The third kappa shape index (κ3) is 4.52. The quantitative estimate of drug-likeness (QED) is 0.541. The molecule has 0 saturated carbocycles. The van der Waals surface area contributed by atoms with E-state index in [2.05, 4.69) is 15.5 Å². The fourth-order valence-electron chi connectivity index (χ4n) is 4.18. The van der Waals surface area contributed by atoms with Crippen LogP contribution in [-0.4, -0.2) is 32.0 Å². The van der Waals surface area contributed by atoms with Gasteiger partial charge in [0, 0.05) is 37.2 Å². The van der Waals surface area contributed by atoms with Gasteiger partial charge in [-0.15, -0.1) is 11.3 Å². The summed E-state index contributed by atoms with van der Waals surface area (Å²) < 4.78 is 5.86. The lowest BCUT2D eigenvalue weighted by molar-refractivity contribution is -0.112. The summed E-state index contributed by atoms with van der Waals surface area (Å²) in [6.07, 6.45) is 8.80. The van der Waals surface area contributed by atoms with Crippen LogP contribution in [0.2, 0.25) is 0 Å². The first-order valence-corrected chi connectivity index (χ1v) is 11.6. The molecule has 162 valence electrons. The van der Waals surface area contributed by atoms with Gasteiger partial charge in [0.2, 0.25) is 0 Å². The molecule has 2 aromatic rings. The van der Waals surface area contributed by atoms with Gasteiger partial charge in [0.15, 0.2) is 5.88 Å². The van der Waals surface area contributed by atoms with Crippen molar-refractivity contribution in [3.63, 3.8) is 0 Å². The van der Waals surface area contributed by atoms with Gasteiger partial charge >= 0.3 is 0 Å². The minimum Gasteiger partial charge on any atom is -0.441 e. The topological polar surface area (TPSA) is 98.4 Å². The Morgan fingerprint density at radius 3 is 2.68 bits per heavy atom. The maximum Gasteiger partial charge on any atom is 0.267 e. The summed E-state index contributed by atoms with van der Waals surface area (Å²) >= 11 is 1.43. The third-order valence-corrected chi connectivity index (χ3v) is 6.99. The molecule has 0 radical (unpaired) electrons. The van der Waals surface area contributed by atoms with Crippen molar-refractivity contribution in [2.75, 3.05) is 30.4 Å². The van der Waals surface area contributed by atoms with Gasteiger partial charge in [-0.2, -0.15) is 5.26 Å². The Morgan fingerprint density at radius 1 is 1.16 bits per heavy atom. The minimum atomic E-state index is -0.540. The number of thiophene rings is 1. The number of amides is 2. The van der Waals surface area contributed by atoms with Crippen LogP contribution in [0.15, 0.2) is 22.1 Å². The molecule has 2 amide bonds. The molecule has 1 aliphatic heterocycles. The molecule has 3 heterocycles. The van der Waals surface area contributed by atoms with Crippen molar-refractivity contribution >= 4 is 40.1 Å². The lowest BCUT2D eigenvalue weighted by atomic mass is 9.95. The standard InChI is InChI=1S/C23H26N4O3S/c1-25-22(29)20-17-7-3-4-8-18(17)31-23(20)26-21(28)15(14-24)13-16-9-10-19(30-16)27-11-5-2-6-12-27/h9-10,13H,2-8,11-12H2,1H3,(H,25,29)(H,26,28)/b15-13-. The Morgan fingerprint density at radius 2 is 1.94 bits per heavy atom. The summed E-state index contributed by atoms with van der Waals surface area (Å²) in [5, 5.41) is 15.5. The number of carbonyl (C=O) groups excluding carboxylic acids is 2. The van der Waals surface area contributed by atoms with Crippen LogP contribution in [0.5, 0.6) is 0 Å². The Labute approximate surface area is 185 Å². The number of aryl methyl sites for hydroxylation is 1. The number of carbonyl (C=O) groups is 2. The van der Waals surface area contributed by atoms with Crippen molar-refractivity contribution in [3.8, 4) is 6.07 Å². The average Bonchev–Trinajstić information content (AvgIpc) is 3.41. The van der Waals surface area contributed by atoms with Crippen molar-refractivity contribution in [3.05, 3.63) is 39.5 Å². The molecule has 0 atom stereocenters. The van der Waals surface area contributed by atoms with Crippen molar-refractivity contribution in [1.82, 2.24) is 5.32 Å². The summed E-state index contributed by atoms with van der Waals surface area (Å²) in [4.78, 5) is 28.6. The summed E-state index contributed by atoms with van der Waals surface area (Å²) in [5.74, 6) is 0.470. The number of nitrogens with one attached hydrogen (secondary N) is 2. The second-order valence-corrected chi connectivity index (χ2v) is 8.95. The Balaban J connectivity index is 1.55. The summed E-state index contributed by atoms with van der Waals surface area (Å²) in [6, 6.07) is 5.61. The van der Waals surface area contributed by atoms with Gasteiger partial charge in [0.25, 0.3) is 11.8 Å². The van der Waals surface area contributed by atoms with Crippen LogP contribution in [0.3, 0.4) is 0 Å². The summed E-state index contributed by atoms with van der Waals surface area (Å²) in [5.41, 5.74) is 1.48. The molecule has 1 aliphatic carbocycles. The normalized spacial score (nSPS) is 16.4. The fourth-order valence-corrected chi connectivity index (χ4v) is 5.47. The largest absolute Gasteiger partial charge is 0.441 e. The van der Waals surface area contributed by atoms with Crippen molar-refractivity contribution < 1.29 is 14.0 Å². The third-order valence-electron chi connectivity index (χ3n) is 5.78. The second-order valence-electron chi connectivity index (χ2n) is 7.84. The highest BCUT2D eigenvalue weighted by Gasteiger charge is 2.26. The number of nitrogens with zero attached hydrogens (tertiary/aromatic N) is 2. The first-order valence-electron chi connectivity index (χ1n) is 10.7. The van der Waals surface area contributed by atoms with E-state index in [0.717, 1.165) is 67.9 Å². The van der Waals surface area contributed by atoms with E-state index < -0.39 is 5.91 Å². The maximum absolute atomic E-state index is 12.9. The zero-order chi connectivity index (χ0) is 21.8. The SMILES string of the molecule is CNC(=O)c1c(NC(=O)/C(C#N)=C\c2ccc(N3CCCCC3)o2)sc2c1CCCC2. The number of rotatable bonds is 5. The second kappa shape index (κ2) is 9.40. The predicted molar refractivity (Wildman–Crippen MR) is 121 cm³/mol. The molecule has 0 unspecified atom stereocenters. The van der Waals surface area contributed by atoms with Gasteiger partial charge in [0.1, 0.15) is 22.4 Å². The van der Waals surface area contributed by atoms with Gasteiger partial charge in [0.05, 0.1) is 5.56 Å². The van der Waals surface area contributed by atoms with Crippen molar-refractivity contribution in [2.45, 2.75) is 44.9 Å². The van der Waals surface area contributed by atoms with E-state index in [1.54, 1.807) is 13.1 Å². The number of nitriles is 1. The zero-order valence-corrected chi connectivity index (χ0v) is 18.4. The molecule has 31 heavy (non-hydrogen) atoms. The first-order chi connectivity index (χ1) is 15.1. The maximum atomic E-state index is 12.9. The van der Waals surface area contributed by atoms with Crippen LogP contribution >= 0.6 is 11.3 Å². The van der Waals surface area contributed by atoms with Crippen molar-refractivity contribution in [1.29, 1.82) is 5.26 Å². The molecular weight excluding hydrogens is 412 g/mol. The highest BCUT2D eigenvalue weighted by atomic mass is 32.1. The Hall–Kier alpha value is -3.05. The average molecular weight is 439 g/mol. The van der Waals surface area contributed by atoms with Crippen LogP contribution < -0.4 is 15.5 Å². The van der Waals surface area contributed by atoms with E-state index in [1.807, 2.05) is 12.1 Å². The molecule has 0 spiro atoms. The van der Waals surface area contributed by atoms with Gasteiger partial charge in [-0.25, -0.2) is 0 Å². The van der Waals surface area contributed by atoms with E-state index in [1.165, 1.54) is 23.8 Å². The smallest absolute Gasteiger partial charge is 0.267 e. The van der Waals surface area contributed by atoms with Gasteiger partial charge in [-0.1, -0.05) is 0 Å². The molecule has 1 fully saturated rings. The van der Waals surface area contributed by atoms with E-state index in [9.17, 15) is 14.9 Å². The first kappa shape index (κ1) is 21.2. The zero-order valence-electron chi connectivity index (χ0n) is 17.6. The minimum absolute atomic E-state index is 0.0613. The lowest BCUT2D eigenvalue weighted by Crippen LogP contribution is -2.28. The molecule has 4 rings (SSSR count). The number of piperidine rings is 1. The van der Waals surface area contributed by atoms with Gasteiger partial charge in [-0.05, 0) is 56.6 Å². The number of fused-ring (bicyclic) bond motifs is 1. The van der Waals surface area contributed by atoms with Crippen LogP contribution in [-0.2, 0) is 17.6 Å². The van der Waals surface area contributed by atoms with Crippen molar-refractivity contribution in [2.24, 2.45) is 0 Å². The summed E-state index contributed by atoms with van der Waals surface area (Å²) in [7, 11) is 1.58. The number of furan rings is 1. The molecule has 2 N–H and O–H groups in total. The predicted octanol–water partition coefficient (Wildman–Crippen LogP) is 4.12. The molecule has 1 saturated heterocycles. The molecule has 0 aromatic carbocycles. The monoisotopic (exact) mass is 438 g/mol. The Kier molecular flexibility index (Phi) is 6.42. The highest BCUT2D eigenvalue weighted by molar-refractivity contribution is 7.17. The van der Waals surface area contributed by atoms with Crippen LogP contribution in [0.1, 0.15) is 58.7 Å². The fraction of sp³-hybridized carbons (Fsp3) is 0.435. The molecule has 2 aliphatic rings. The highest BCUT2D eigenvalue weighted by Crippen LogP contribution is 2.38. The van der Waals surface area contributed by atoms with Crippen LogP contribution in [0, 0.1) is 11.3 Å². The van der Waals surface area contributed by atoms with E-state index in [0.29, 0.717) is 16.3 Å². The molecule has 7 nitrogen and oxygen atoms in total. The summed E-state index contributed by atoms with van der Waals surface area (Å²) in [6.45, 7) is 1.90. The van der Waals surface area contributed by atoms with E-state index in [4.69, 9.17) is 4.42 Å². The number of anilines is 2. The lowest BCUT2D eigenvalue weighted by Gasteiger charge is -2.25. The van der Waals surface area contributed by atoms with Gasteiger partial charge < -0.3 is 20.0 Å². The number of hydrogen-bond acceptors (Lipinski definition) is 6. The van der Waals surface area contributed by atoms with E-state index >= 15 is 0 Å². The molecular formula is C23H26N4O3S. The van der Waals surface area contributed by atoms with E-state index in [-0.39, 0.29) is 11.5 Å². The molecule has 8 heteroatoms. The molecule has 0 bridgehead atoms. The van der Waals surface area contributed by atoms with Crippen LogP contribution in [0.4, 0.5) is 10.9 Å². The molecule has 2 aromatic heterocycles. The van der Waals surface area contributed by atoms with Gasteiger partial charge in [-0.3, -0.25) is 9.59 Å². The number of hydrogen-bond donors (Lipinski definition) is 2. The Bertz CT molecular complexity index is 1050.